The first-order valence-electron chi connectivity index (χ1n) is 12.1. The molecule has 0 radical (unpaired) electrons. The van der Waals surface area contributed by atoms with E-state index in [2.05, 4.69) is 37.2 Å². The summed E-state index contributed by atoms with van der Waals surface area (Å²) in [4.78, 5) is 15.7. The highest BCUT2D eigenvalue weighted by atomic mass is 19.3. The molecule has 0 aromatic carbocycles. The molecule has 0 spiro atoms. The summed E-state index contributed by atoms with van der Waals surface area (Å²) in [7, 11) is 0. The minimum atomic E-state index is -2.56. The number of nitrogens with one attached hydrogen (secondary N) is 1. The first-order valence-corrected chi connectivity index (χ1v) is 12.1. The predicted octanol–water partition coefficient (Wildman–Crippen LogP) is 3.52. The summed E-state index contributed by atoms with van der Waals surface area (Å²) in [6.07, 6.45) is 2.20. The zero-order valence-electron chi connectivity index (χ0n) is 20.1. The molecule has 6 rings (SSSR count). The van der Waals surface area contributed by atoms with Crippen molar-refractivity contribution < 1.29 is 17.9 Å². The summed E-state index contributed by atoms with van der Waals surface area (Å²) in [5.74, 6) is 0.334. The van der Waals surface area contributed by atoms with Crippen LogP contribution in [0.25, 0.3) is 27.9 Å². The monoisotopic (exact) mass is 500 g/mol. The van der Waals surface area contributed by atoms with Crippen LogP contribution in [-0.2, 0) is 11.3 Å². The fourth-order valence-corrected chi connectivity index (χ4v) is 5.19. The van der Waals surface area contributed by atoms with Crippen molar-refractivity contribution >= 4 is 22.6 Å². The number of rotatable bonds is 6. The summed E-state index contributed by atoms with van der Waals surface area (Å²) in [5, 5.41) is 7.85. The number of imidazole rings is 1. The van der Waals surface area contributed by atoms with Gasteiger partial charge in [-0.25, -0.2) is 32.6 Å². The van der Waals surface area contributed by atoms with Crippen molar-refractivity contribution in [3.8, 4) is 11.3 Å². The van der Waals surface area contributed by atoms with Gasteiger partial charge in [0.2, 0.25) is 5.95 Å². The molecule has 9 nitrogen and oxygen atoms in total. The van der Waals surface area contributed by atoms with E-state index in [4.69, 9.17) is 4.74 Å². The molecule has 0 atom stereocenters. The Bertz CT molecular complexity index is 1420. The van der Waals surface area contributed by atoms with Crippen LogP contribution in [0.3, 0.4) is 0 Å². The number of pyridine rings is 1. The number of aromatic nitrogens is 6. The molecule has 2 aliphatic heterocycles. The molecule has 1 N–H and O–H groups in total. The molecule has 36 heavy (non-hydrogen) atoms. The molecule has 2 aliphatic rings. The smallest absolute Gasteiger partial charge is 0.256 e. The van der Waals surface area contributed by atoms with E-state index in [1.165, 1.54) is 15.3 Å². The number of piperidine rings is 1. The maximum Gasteiger partial charge on any atom is 0.256 e. The van der Waals surface area contributed by atoms with Crippen molar-refractivity contribution in [1.29, 1.82) is 0 Å². The number of hydrogen-bond donors (Lipinski definition) is 1. The standard InChI is InChI=1S/C24H27F3N8O/c1-14-29-18-4-3-17(31-22(18)34(14)11-20(26)27)21-16(25)10-35-19(21)9-28-23(32-35)30-15-5-7-33(8-6-15)24(2)12-36-13-24/h3-4,9-10,15,20H,5-8,11-13H2,1-2H3,(H,30,32). The minimum absolute atomic E-state index is 0.145. The molecule has 2 saturated heterocycles. The lowest BCUT2D eigenvalue weighted by Gasteiger charge is -2.49. The number of hydrogen-bond acceptors (Lipinski definition) is 7. The van der Waals surface area contributed by atoms with Crippen LogP contribution in [-0.4, -0.2) is 78.3 Å². The third kappa shape index (κ3) is 3.97. The Hall–Kier alpha value is -3.25. The highest BCUT2D eigenvalue weighted by Crippen LogP contribution is 2.31. The molecule has 0 unspecified atom stereocenters. The van der Waals surface area contributed by atoms with Gasteiger partial charge in [0.15, 0.2) is 11.5 Å². The van der Waals surface area contributed by atoms with Gasteiger partial charge in [-0.1, -0.05) is 0 Å². The molecule has 4 aromatic rings. The number of aryl methyl sites for hydroxylation is 1. The van der Waals surface area contributed by atoms with Gasteiger partial charge in [-0.15, -0.1) is 5.10 Å². The Morgan fingerprint density at radius 2 is 1.97 bits per heavy atom. The molecule has 12 heteroatoms. The summed E-state index contributed by atoms with van der Waals surface area (Å²) in [5.41, 5.74) is 1.88. The van der Waals surface area contributed by atoms with Crippen LogP contribution in [0, 0.1) is 12.7 Å². The normalized spacial score (nSPS) is 18.8. The number of anilines is 1. The Morgan fingerprint density at radius 1 is 1.19 bits per heavy atom. The fraction of sp³-hybridized carbons (Fsp3) is 0.500. The van der Waals surface area contributed by atoms with Crippen LogP contribution in [0.1, 0.15) is 25.6 Å². The molecule has 0 bridgehead atoms. The molecule has 190 valence electrons. The Morgan fingerprint density at radius 3 is 2.67 bits per heavy atom. The zero-order valence-corrected chi connectivity index (χ0v) is 20.1. The van der Waals surface area contributed by atoms with Crippen molar-refractivity contribution in [3.63, 3.8) is 0 Å². The molecule has 0 amide bonds. The van der Waals surface area contributed by atoms with Gasteiger partial charge in [-0.05, 0) is 38.8 Å². The van der Waals surface area contributed by atoms with Crippen molar-refractivity contribution in [3.05, 3.63) is 36.2 Å². The first-order chi connectivity index (χ1) is 17.3. The van der Waals surface area contributed by atoms with Crippen molar-refractivity contribution in [2.75, 3.05) is 31.6 Å². The quantitative estimate of drug-likeness (QED) is 0.434. The highest BCUT2D eigenvalue weighted by Gasteiger charge is 2.40. The molecular formula is C24H27F3N8O. The second-order valence-corrected chi connectivity index (χ2v) is 9.86. The Kier molecular flexibility index (Phi) is 5.60. The second-order valence-electron chi connectivity index (χ2n) is 9.86. The summed E-state index contributed by atoms with van der Waals surface area (Å²) < 4.78 is 49.4. The Labute approximate surface area is 205 Å². The van der Waals surface area contributed by atoms with Crippen molar-refractivity contribution in [2.45, 2.75) is 51.2 Å². The third-order valence-electron chi connectivity index (χ3n) is 7.27. The lowest BCUT2D eigenvalue weighted by Crippen LogP contribution is -2.62. The van der Waals surface area contributed by atoms with Crippen molar-refractivity contribution in [1.82, 2.24) is 34.0 Å². The lowest BCUT2D eigenvalue weighted by molar-refractivity contribution is -0.135. The molecular weight excluding hydrogens is 473 g/mol. The highest BCUT2D eigenvalue weighted by molar-refractivity contribution is 5.83. The Balaban J connectivity index is 1.24. The largest absolute Gasteiger partial charge is 0.377 e. The zero-order chi connectivity index (χ0) is 25.0. The second kappa shape index (κ2) is 8.70. The molecule has 6 heterocycles. The van der Waals surface area contributed by atoms with E-state index >= 15 is 4.39 Å². The van der Waals surface area contributed by atoms with E-state index in [0.717, 1.165) is 39.1 Å². The van der Waals surface area contributed by atoms with Crippen LogP contribution >= 0.6 is 0 Å². The van der Waals surface area contributed by atoms with Gasteiger partial charge < -0.3 is 14.6 Å². The first kappa shape index (κ1) is 23.2. The van der Waals surface area contributed by atoms with Crippen LogP contribution in [0.4, 0.5) is 19.1 Å². The maximum atomic E-state index is 15.1. The maximum absolute atomic E-state index is 15.1. The molecule has 2 fully saturated rings. The van der Waals surface area contributed by atoms with Gasteiger partial charge >= 0.3 is 0 Å². The molecule has 0 aliphatic carbocycles. The summed E-state index contributed by atoms with van der Waals surface area (Å²) in [6, 6.07) is 3.52. The number of nitrogens with zero attached hydrogens (tertiary/aromatic N) is 7. The van der Waals surface area contributed by atoms with Crippen LogP contribution < -0.4 is 5.32 Å². The van der Waals surface area contributed by atoms with Crippen LogP contribution in [0.2, 0.25) is 0 Å². The van der Waals surface area contributed by atoms with E-state index < -0.39 is 18.8 Å². The number of halogens is 3. The topological polar surface area (TPSA) is 85.4 Å². The van der Waals surface area contributed by atoms with Gasteiger partial charge in [0.25, 0.3) is 6.43 Å². The number of alkyl halides is 2. The predicted molar refractivity (Wildman–Crippen MR) is 128 cm³/mol. The van der Waals surface area contributed by atoms with Crippen molar-refractivity contribution in [2.24, 2.45) is 0 Å². The molecule has 4 aromatic heterocycles. The van der Waals surface area contributed by atoms with E-state index in [1.807, 2.05) is 0 Å². The summed E-state index contributed by atoms with van der Waals surface area (Å²) >= 11 is 0. The SMILES string of the molecule is Cc1nc2ccc(-c3c(F)cn4nc(NC5CCN(C6(C)COC6)CC5)ncc34)nc2n1CC(F)F. The molecule has 0 saturated carbocycles. The van der Waals surface area contributed by atoms with E-state index in [-0.39, 0.29) is 22.8 Å². The number of likely N-dealkylation sites (tertiary alicyclic amines) is 1. The van der Waals surface area contributed by atoms with E-state index in [9.17, 15) is 8.78 Å². The van der Waals surface area contributed by atoms with Gasteiger partial charge in [0.1, 0.15) is 11.3 Å². The average Bonchev–Trinajstić information content (AvgIpc) is 3.32. The van der Waals surface area contributed by atoms with Gasteiger partial charge in [-0.3, -0.25) is 4.90 Å². The van der Waals surface area contributed by atoms with E-state index in [1.54, 1.807) is 25.3 Å². The van der Waals surface area contributed by atoms with Gasteiger partial charge in [0, 0.05) is 19.1 Å². The minimum Gasteiger partial charge on any atom is -0.377 e. The third-order valence-corrected chi connectivity index (χ3v) is 7.27. The van der Waals surface area contributed by atoms with Gasteiger partial charge in [-0.2, -0.15) is 0 Å². The number of fused-ring (bicyclic) bond motifs is 2. The summed E-state index contributed by atoms with van der Waals surface area (Å²) in [6.45, 7) is 6.86. The van der Waals surface area contributed by atoms with Gasteiger partial charge in [0.05, 0.1) is 54.5 Å². The van der Waals surface area contributed by atoms with Crippen LogP contribution in [0.5, 0.6) is 0 Å². The average molecular weight is 501 g/mol. The fourth-order valence-electron chi connectivity index (χ4n) is 5.19. The number of ether oxygens (including phenoxy) is 1. The van der Waals surface area contributed by atoms with E-state index in [0.29, 0.717) is 28.5 Å². The lowest BCUT2D eigenvalue weighted by atomic mass is 9.93. The van der Waals surface area contributed by atoms with Crippen LogP contribution in [0.15, 0.2) is 24.5 Å².